The van der Waals surface area contributed by atoms with Gasteiger partial charge in [-0.1, -0.05) is 19.9 Å². The predicted octanol–water partition coefficient (Wildman–Crippen LogP) is 2.09. The topological polar surface area (TPSA) is 87.5 Å². The Morgan fingerprint density at radius 3 is 2.45 bits per heavy atom. The summed E-state index contributed by atoms with van der Waals surface area (Å²) in [6.45, 7) is 7.32. The minimum absolute atomic E-state index is 0.0401. The van der Waals surface area contributed by atoms with Gasteiger partial charge in [0.05, 0.1) is 10.5 Å². The molecule has 120 valence electrons. The summed E-state index contributed by atoms with van der Waals surface area (Å²) in [7, 11) is -3.65. The first-order valence-corrected chi connectivity index (χ1v) is 8.43. The number of nitriles is 1. The molecule has 1 aromatic carbocycles. The average molecular weight is 324 g/mol. The molecule has 0 bridgehead atoms. The Morgan fingerprint density at radius 2 is 1.95 bits per heavy atom. The molecule has 0 aromatic heterocycles. The van der Waals surface area contributed by atoms with Crippen LogP contribution in [0.1, 0.15) is 36.7 Å². The third kappa shape index (κ3) is 3.84. The Bertz CT molecular complexity index is 688. The largest absolute Gasteiger partial charge is 0.444 e. The number of aryl methyl sites for hydroxylation is 1. The minimum atomic E-state index is -3.65. The molecule has 0 spiro atoms. The molecule has 0 saturated heterocycles. The Balaban J connectivity index is 3.26. The summed E-state index contributed by atoms with van der Waals surface area (Å²) < 4.78 is 31.2. The quantitative estimate of drug-likeness (QED) is 0.748. The van der Waals surface area contributed by atoms with Crippen molar-refractivity contribution in [2.45, 2.75) is 38.7 Å². The van der Waals surface area contributed by atoms with E-state index in [-0.39, 0.29) is 10.5 Å². The smallest absolute Gasteiger partial charge is 0.339 e. The molecule has 6 nitrogen and oxygen atoms in total. The zero-order valence-corrected chi connectivity index (χ0v) is 14.0. The first kappa shape index (κ1) is 18.1. The summed E-state index contributed by atoms with van der Waals surface area (Å²) in [5, 5.41) is 8.69. The van der Waals surface area contributed by atoms with E-state index in [0.29, 0.717) is 18.7 Å². The van der Waals surface area contributed by atoms with E-state index in [2.05, 4.69) is 0 Å². The van der Waals surface area contributed by atoms with Crippen molar-refractivity contribution in [2.24, 2.45) is 0 Å². The highest BCUT2D eigenvalue weighted by atomic mass is 32.2. The maximum Gasteiger partial charge on any atom is 0.339 e. The van der Waals surface area contributed by atoms with Gasteiger partial charge in [0.25, 0.3) is 0 Å². The molecule has 1 rings (SSSR count). The standard InChI is InChI=1S/C15H20N2O4S/c1-5-17(6-2)22(19,20)13-8-7-11(3)14(9-13)15(18)21-12(4)10-16/h7-9,12H,5-6H2,1-4H3/t12-/m1/s1. The number of esters is 1. The molecule has 0 radical (unpaired) electrons. The van der Waals surface area contributed by atoms with Crippen molar-refractivity contribution in [3.63, 3.8) is 0 Å². The maximum atomic E-state index is 12.5. The fraction of sp³-hybridized carbons (Fsp3) is 0.467. The molecule has 0 heterocycles. The van der Waals surface area contributed by atoms with Gasteiger partial charge in [-0.25, -0.2) is 13.2 Å². The molecule has 0 aliphatic carbocycles. The SMILES string of the molecule is CCN(CC)S(=O)(=O)c1ccc(C)c(C(=O)O[C@H](C)C#N)c1. The Morgan fingerprint density at radius 1 is 1.36 bits per heavy atom. The highest BCUT2D eigenvalue weighted by molar-refractivity contribution is 7.89. The highest BCUT2D eigenvalue weighted by Gasteiger charge is 2.24. The van der Waals surface area contributed by atoms with Crippen LogP contribution in [-0.2, 0) is 14.8 Å². The van der Waals surface area contributed by atoms with Gasteiger partial charge in [-0.15, -0.1) is 0 Å². The fourth-order valence-corrected chi connectivity index (χ4v) is 3.43. The van der Waals surface area contributed by atoms with E-state index in [1.807, 2.05) is 0 Å². The molecule has 0 aliphatic rings. The van der Waals surface area contributed by atoms with Crippen molar-refractivity contribution in [3.05, 3.63) is 29.3 Å². The van der Waals surface area contributed by atoms with Crippen molar-refractivity contribution >= 4 is 16.0 Å². The lowest BCUT2D eigenvalue weighted by Crippen LogP contribution is -2.30. The number of rotatable bonds is 6. The van der Waals surface area contributed by atoms with Gasteiger partial charge in [0.1, 0.15) is 6.07 Å². The molecule has 0 saturated carbocycles. The molecule has 0 N–H and O–H groups in total. The van der Waals surface area contributed by atoms with E-state index in [1.54, 1.807) is 32.9 Å². The molecule has 1 aromatic rings. The molecular formula is C15H20N2O4S. The summed E-state index contributed by atoms with van der Waals surface area (Å²) in [5.74, 6) is -0.705. The molecule has 1 atom stereocenters. The normalized spacial score (nSPS) is 12.7. The third-order valence-electron chi connectivity index (χ3n) is 3.24. The number of carbonyl (C=O) groups excluding carboxylic acids is 1. The van der Waals surface area contributed by atoms with Crippen LogP contribution in [0.5, 0.6) is 0 Å². The number of hydrogen-bond acceptors (Lipinski definition) is 5. The molecule has 22 heavy (non-hydrogen) atoms. The summed E-state index contributed by atoms with van der Waals surface area (Å²) in [5.41, 5.74) is 0.740. The molecular weight excluding hydrogens is 304 g/mol. The maximum absolute atomic E-state index is 12.5. The van der Waals surface area contributed by atoms with Crippen molar-refractivity contribution in [1.82, 2.24) is 4.31 Å². The Labute approximate surface area is 131 Å². The van der Waals surface area contributed by atoms with Crippen LogP contribution in [0.3, 0.4) is 0 Å². The second-order valence-electron chi connectivity index (χ2n) is 4.74. The number of carbonyl (C=O) groups is 1. The molecule has 0 fully saturated rings. The van der Waals surface area contributed by atoms with Crippen LogP contribution < -0.4 is 0 Å². The fourth-order valence-electron chi connectivity index (χ4n) is 1.94. The Hall–Kier alpha value is -1.91. The van der Waals surface area contributed by atoms with Gasteiger partial charge in [0.2, 0.25) is 10.0 Å². The van der Waals surface area contributed by atoms with E-state index >= 15 is 0 Å². The predicted molar refractivity (Wildman–Crippen MR) is 81.8 cm³/mol. The summed E-state index contributed by atoms with van der Waals surface area (Å²) in [4.78, 5) is 12.1. The van der Waals surface area contributed by atoms with Gasteiger partial charge < -0.3 is 4.74 Å². The highest BCUT2D eigenvalue weighted by Crippen LogP contribution is 2.20. The number of hydrogen-bond donors (Lipinski definition) is 0. The second-order valence-corrected chi connectivity index (χ2v) is 6.68. The van der Waals surface area contributed by atoms with Crippen LogP contribution >= 0.6 is 0 Å². The van der Waals surface area contributed by atoms with Gasteiger partial charge in [-0.3, -0.25) is 0 Å². The lowest BCUT2D eigenvalue weighted by atomic mass is 10.1. The van der Waals surface area contributed by atoms with E-state index in [4.69, 9.17) is 10.00 Å². The van der Waals surface area contributed by atoms with Crippen molar-refractivity contribution < 1.29 is 17.9 Å². The van der Waals surface area contributed by atoms with E-state index in [1.165, 1.54) is 23.4 Å². The third-order valence-corrected chi connectivity index (χ3v) is 5.28. The summed E-state index contributed by atoms with van der Waals surface area (Å²) >= 11 is 0. The summed E-state index contributed by atoms with van der Waals surface area (Å²) in [6, 6.07) is 6.12. The molecule has 0 amide bonds. The van der Waals surface area contributed by atoms with Crippen LogP contribution in [0.4, 0.5) is 0 Å². The number of sulfonamides is 1. The van der Waals surface area contributed by atoms with Crippen LogP contribution in [0, 0.1) is 18.3 Å². The molecule has 0 unspecified atom stereocenters. The van der Waals surface area contributed by atoms with Gasteiger partial charge in [-0.2, -0.15) is 9.57 Å². The average Bonchev–Trinajstić information content (AvgIpc) is 2.48. The lowest BCUT2D eigenvalue weighted by molar-refractivity contribution is 0.0434. The molecule has 7 heteroatoms. The van der Waals surface area contributed by atoms with Gasteiger partial charge >= 0.3 is 5.97 Å². The van der Waals surface area contributed by atoms with Crippen LogP contribution in [0.15, 0.2) is 23.1 Å². The second kappa shape index (κ2) is 7.38. The number of benzene rings is 1. The Kier molecular flexibility index (Phi) is 6.09. The van der Waals surface area contributed by atoms with Crippen molar-refractivity contribution in [1.29, 1.82) is 5.26 Å². The van der Waals surface area contributed by atoms with Gasteiger partial charge in [-0.05, 0) is 31.5 Å². The van der Waals surface area contributed by atoms with Crippen LogP contribution in [0.25, 0.3) is 0 Å². The van der Waals surface area contributed by atoms with Crippen molar-refractivity contribution in [2.75, 3.05) is 13.1 Å². The zero-order chi connectivity index (χ0) is 16.9. The summed E-state index contributed by atoms with van der Waals surface area (Å²) in [6.07, 6.45) is -0.894. The minimum Gasteiger partial charge on any atom is -0.444 e. The van der Waals surface area contributed by atoms with Crippen molar-refractivity contribution in [3.8, 4) is 6.07 Å². The van der Waals surface area contributed by atoms with Crippen LogP contribution in [-0.4, -0.2) is 37.9 Å². The monoisotopic (exact) mass is 324 g/mol. The van der Waals surface area contributed by atoms with E-state index in [9.17, 15) is 13.2 Å². The number of nitrogens with zero attached hydrogens (tertiary/aromatic N) is 2. The zero-order valence-electron chi connectivity index (χ0n) is 13.2. The molecule has 0 aliphatic heterocycles. The first-order valence-electron chi connectivity index (χ1n) is 6.99. The van der Waals surface area contributed by atoms with E-state index < -0.39 is 22.1 Å². The lowest BCUT2D eigenvalue weighted by Gasteiger charge is -2.19. The van der Waals surface area contributed by atoms with Crippen LogP contribution in [0.2, 0.25) is 0 Å². The number of ether oxygens (including phenoxy) is 1. The van der Waals surface area contributed by atoms with Gasteiger partial charge in [0, 0.05) is 13.1 Å². The van der Waals surface area contributed by atoms with E-state index in [0.717, 1.165) is 0 Å². The van der Waals surface area contributed by atoms with Gasteiger partial charge in [0.15, 0.2) is 6.10 Å². The first-order chi connectivity index (χ1) is 10.3.